The van der Waals surface area contributed by atoms with E-state index in [0.29, 0.717) is 6.17 Å². The summed E-state index contributed by atoms with van der Waals surface area (Å²) >= 11 is 0. The Morgan fingerprint density at radius 1 is 0.885 bits per heavy atom. The molecular formula is C23H45N3. The van der Waals surface area contributed by atoms with Crippen LogP contribution in [0.15, 0.2) is 17.1 Å². The van der Waals surface area contributed by atoms with Crippen LogP contribution in [0, 0.1) is 0 Å². The van der Waals surface area contributed by atoms with Crippen molar-refractivity contribution in [3.05, 3.63) is 12.2 Å². The van der Waals surface area contributed by atoms with Crippen molar-refractivity contribution in [2.24, 2.45) is 10.7 Å². The van der Waals surface area contributed by atoms with Gasteiger partial charge in [0.15, 0.2) is 0 Å². The molecule has 0 radical (unpaired) electrons. The summed E-state index contributed by atoms with van der Waals surface area (Å²) in [6.45, 7) is 5.00. The van der Waals surface area contributed by atoms with E-state index in [4.69, 9.17) is 5.73 Å². The number of hydrogen-bond donors (Lipinski definition) is 1. The molecule has 0 fully saturated rings. The Kier molecular flexibility index (Phi) is 15.9. The number of allylic oxidation sites excluding steroid dienone is 2. The molecule has 3 heteroatoms. The third kappa shape index (κ3) is 12.6. The van der Waals surface area contributed by atoms with Crippen LogP contribution < -0.4 is 5.73 Å². The fourth-order valence-corrected chi connectivity index (χ4v) is 3.73. The number of aliphatic imine (C=N–C) groups is 1. The van der Waals surface area contributed by atoms with Gasteiger partial charge in [-0.3, -0.25) is 9.89 Å². The quantitative estimate of drug-likeness (QED) is 0.237. The Morgan fingerprint density at radius 2 is 1.46 bits per heavy atom. The van der Waals surface area contributed by atoms with Crippen molar-refractivity contribution in [2.45, 2.75) is 109 Å². The first-order valence-electron chi connectivity index (χ1n) is 11.5. The maximum Gasteiger partial charge on any atom is 0.102 e. The maximum absolute atomic E-state index is 5.66. The minimum Gasteiger partial charge on any atom is -0.329 e. The van der Waals surface area contributed by atoms with Gasteiger partial charge < -0.3 is 5.73 Å². The van der Waals surface area contributed by atoms with Gasteiger partial charge in [-0.1, -0.05) is 76.9 Å². The molecule has 3 nitrogen and oxygen atoms in total. The fraction of sp³-hybridized carbons (Fsp3) is 0.870. The highest BCUT2D eigenvalue weighted by molar-refractivity contribution is 5.62. The first-order chi connectivity index (χ1) is 12.9. The van der Waals surface area contributed by atoms with Crippen molar-refractivity contribution in [2.75, 3.05) is 19.6 Å². The van der Waals surface area contributed by atoms with Gasteiger partial charge in [0.05, 0.1) is 0 Å². The molecule has 0 amide bonds. The molecule has 26 heavy (non-hydrogen) atoms. The second kappa shape index (κ2) is 17.7. The Balaban J connectivity index is 1.80. The molecule has 152 valence electrons. The molecule has 0 aromatic heterocycles. The molecule has 1 aliphatic rings. The Bertz CT molecular complexity index is 351. The van der Waals surface area contributed by atoms with Gasteiger partial charge in [-0.2, -0.15) is 0 Å². The average Bonchev–Trinajstić information content (AvgIpc) is 3.09. The molecule has 0 aliphatic carbocycles. The van der Waals surface area contributed by atoms with Crippen molar-refractivity contribution in [1.82, 2.24) is 4.90 Å². The molecule has 1 unspecified atom stereocenters. The molecule has 1 aliphatic heterocycles. The van der Waals surface area contributed by atoms with Crippen molar-refractivity contribution in [3.8, 4) is 0 Å². The van der Waals surface area contributed by atoms with Crippen LogP contribution in [-0.4, -0.2) is 36.9 Å². The van der Waals surface area contributed by atoms with Gasteiger partial charge in [0.1, 0.15) is 6.17 Å². The largest absolute Gasteiger partial charge is 0.329 e. The highest BCUT2D eigenvalue weighted by atomic mass is 15.3. The number of hydrogen-bond acceptors (Lipinski definition) is 3. The summed E-state index contributed by atoms with van der Waals surface area (Å²) in [4.78, 5) is 6.98. The molecule has 0 saturated heterocycles. The highest BCUT2D eigenvalue weighted by Crippen LogP contribution is 2.15. The predicted octanol–water partition coefficient (Wildman–Crippen LogP) is 6.09. The number of nitrogens with zero attached hydrogens (tertiary/aromatic N) is 2. The minimum atomic E-state index is 0.410. The van der Waals surface area contributed by atoms with Crippen LogP contribution in [0.4, 0.5) is 0 Å². The smallest absolute Gasteiger partial charge is 0.102 e. The van der Waals surface area contributed by atoms with E-state index in [0.717, 1.165) is 19.6 Å². The fourth-order valence-electron chi connectivity index (χ4n) is 3.73. The van der Waals surface area contributed by atoms with E-state index < -0.39 is 0 Å². The standard InChI is InChI=1S/C23H45N3/c1-2-3-4-5-6-7-8-9-10-11-12-13-14-15-16-17-18-23-25-20-22-26(23)21-19-24/h10-11,20,23H,2-9,12-19,21-22,24H2,1H3/b11-10+. The topological polar surface area (TPSA) is 41.6 Å². The summed E-state index contributed by atoms with van der Waals surface area (Å²) in [7, 11) is 0. The van der Waals surface area contributed by atoms with Crippen molar-refractivity contribution >= 4 is 6.21 Å². The Morgan fingerprint density at radius 3 is 2.08 bits per heavy atom. The maximum atomic E-state index is 5.66. The second-order valence-electron chi connectivity index (χ2n) is 7.82. The highest BCUT2D eigenvalue weighted by Gasteiger charge is 2.19. The summed E-state index contributed by atoms with van der Waals surface area (Å²) in [5.41, 5.74) is 5.66. The first-order valence-corrected chi connectivity index (χ1v) is 11.5. The predicted molar refractivity (Wildman–Crippen MR) is 117 cm³/mol. The first kappa shape index (κ1) is 23.4. The van der Waals surface area contributed by atoms with Crippen LogP contribution in [0.1, 0.15) is 103 Å². The van der Waals surface area contributed by atoms with E-state index in [1.807, 2.05) is 0 Å². The van der Waals surface area contributed by atoms with Crippen molar-refractivity contribution < 1.29 is 0 Å². The lowest BCUT2D eigenvalue weighted by atomic mass is 10.1. The van der Waals surface area contributed by atoms with E-state index in [-0.39, 0.29) is 0 Å². The summed E-state index contributed by atoms with van der Waals surface area (Å²) in [5, 5.41) is 0. The third-order valence-electron chi connectivity index (χ3n) is 5.41. The number of nitrogens with two attached hydrogens (primary N) is 1. The molecule has 0 spiro atoms. The number of rotatable bonds is 18. The van der Waals surface area contributed by atoms with E-state index in [2.05, 4.69) is 35.2 Å². The zero-order valence-electron chi connectivity index (χ0n) is 17.5. The summed E-state index contributed by atoms with van der Waals surface area (Å²) in [6.07, 6.45) is 27.7. The van der Waals surface area contributed by atoms with Crippen molar-refractivity contribution in [3.63, 3.8) is 0 Å². The zero-order chi connectivity index (χ0) is 18.7. The number of unbranched alkanes of at least 4 members (excludes halogenated alkanes) is 12. The molecule has 0 saturated carbocycles. The normalized spacial score (nSPS) is 17.7. The summed E-state index contributed by atoms with van der Waals surface area (Å²) in [5.74, 6) is 0. The van der Waals surface area contributed by atoms with Crippen LogP contribution in [-0.2, 0) is 0 Å². The van der Waals surface area contributed by atoms with Gasteiger partial charge in [-0.15, -0.1) is 0 Å². The molecule has 0 aromatic rings. The zero-order valence-corrected chi connectivity index (χ0v) is 17.5. The van der Waals surface area contributed by atoms with Crippen LogP contribution in [0.5, 0.6) is 0 Å². The Hall–Kier alpha value is -0.670. The van der Waals surface area contributed by atoms with E-state index in [9.17, 15) is 0 Å². The minimum absolute atomic E-state index is 0.410. The Labute approximate surface area is 163 Å². The lowest BCUT2D eigenvalue weighted by molar-refractivity contribution is 0.241. The van der Waals surface area contributed by atoms with Gasteiger partial charge in [-0.25, -0.2) is 0 Å². The summed E-state index contributed by atoms with van der Waals surface area (Å²) in [6, 6.07) is 0. The average molecular weight is 364 g/mol. The molecule has 2 N–H and O–H groups in total. The molecule has 1 rings (SSSR count). The monoisotopic (exact) mass is 363 g/mol. The lowest BCUT2D eigenvalue weighted by Gasteiger charge is -2.21. The molecular weight excluding hydrogens is 318 g/mol. The SMILES string of the molecule is CCCCCCCCC/C=C/CCCCCCCC1N=CCN1CCN. The molecule has 1 atom stereocenters. The van der Waals surface area contributed by atoms with Gasteiger partial charge >= 0.3 is 0 Å². The van der Waals surface area contributed by atoms with E-state index in [1.54, 1.807) is 0 Å². The molecule has 0 aromatic carbocycles. The van der Waals surface area contributed by atoms with E-state index in [1.165, 1.54) is 96.3 Å². The second-order valence-corrected chi connectivity index (χ2v) is 7.82. The van der Waals surface area contributed by atoms with Crippen LogP contribution in [0.25, 0.3) is 0 Å². The molecule has 1 heterocycles. The molecule has 0 bridgehead atoms. The van der Waals surface area contributed by atoms with Crippen molar-refractivity contribution in [1.29, 1.82) is 0 Å². The van der Waals surface area contributed by atoms with Gasteiger partial charge in [0.2, 0.25) is 0 Å². The summed E-state index contributed by atoms with van der Waals surface area (Å²) < 4.78 is 0. The lowest BCUT2D eigenvalue weighted by Crippen LogP contribution is -2.34. The van der Waals surface area contributed by atoms with Crippen LogP contribution >= 0.6 is 0 Å². The van der Waals surface area contributed by atoms with E-state index >= 15 is 0 Å². The van der Waals surface area contributed by atoms with Gasteiger partial charge in [-0.05, 0) is 38.5 Å². The van der Waals surface area contributed by atoms with Gasteiger partial charge in [0.25, 0.3) is 0 Å². The van der Waals surface area contributed by atoms with Crippen LogP contribution in [0.3, 0.4) is 0 Å². The third-order valence-corrected chi connectivity index (χ3v) is 5.41. The van der Waals surface area contributed by atoms with Crippen LogP contribution in [0.2, 0.25) is 0 Å². The van der Waals surface area contributed by atoms with Gasteiger partial charge in [0, 0.05) is 25.8 Å².